The van der Waals surface area contributed by atoms with E-state index in [4.69, 9.17) is 4.74 Å². The third kappa shape index (κ3) is 3.17. The van der Waals surface area contributed by atoms with Crippen molar-refractivity contribution in [2.75, 3.05) is 53.0 Å². The lowest BCUT2D eigenvalue weighted by atomic mass is 10.2. The number of ether oxygens (including phenoxy) is 1. The van der Waals surface area contributed by atoms with Gasteiger partial charge in [0, 0.05) is 38.8 Å². The van der Waals surface area contributed by atoms with Gasteiger partial charge in [-0.05, 0) is 13.5 Å². The molecule has 0 aliphatic carbocycles. The number of piperazine rings is 1. The van der Waals surface area contributed by atoms with E-state index in [0.717, 1.165) is 45.8 Å². The molecule has 5 heteroatoms. The van der Waals surface area contributed by atoms with Crippen LogP contribution in [0.15, 0.2) is 0 Å². The van der Waals surface area contributed by atoms with Gasteiger partial charge in [-0.3, -0.25) is 4.79 Å². The zero-order valence-electron chi connectivity index (χ0n) is 9.95. The lowest BCUT2D eigenvalue weighted by molar-refractivity contribution is -0.131. The first-order chi connectivity index (χ1) is 7.75. The minimum Gasteiger partial charge on any atom is -0.380 e. The van der Waals surface area contributed by atoms with Crippen LogP contribution >= 0.6 is 0 Å². The van der Waals surface area contributed by atoms with Crippen LogP contribution in [0.2, 0.25) is 0 Å². The van der Waals surface area contributed by atoms with E-state index in [9.17, 15) is 4.79 Å². The summed E-state index contributed by atoms with van der Waals surface area (Å²) >= 11 is 0. The van der Waals surface area contributed by atoms with Crippen LogP contribution < -0.4 is 5.32 Å². The monoisotopic (exact) mass is 227 g/mol. The average molecular weight is 227 g/mol. The number of carbonyl (C=O) groups excluding carboxylic acids is 1. The maximum absolute atomic E-state index is 11.9. The van der Waals surface area contributed by atoms with Crippen molar-refractivity contribution in [2.24, 2.45) is 0 Å². The van der Waals surface area contributed by atoms with Gasteiger partial charge in [-0.2, -0.15) is 0 Å². The molecule has 1 unspecified atom stereocenters. The number of hydrogen-bond donors (Lipinski definition) is 1. The van der Waals surface area contributed by atoms with E-state index in [1.165, 1.54) is 0 Å². The van der Waals surface area contributed by atoms with E-state index in [1.807, 2.05) is 4.90 Å². The predicted molar refractivity (Wildman–Crippen MR) is 61.3 cm³/mol. The Morgan fingerprint density at radius 2 is 2.12 bits per heavy atom. The molecule has 16 heavy (non-hydrogen) atoms. The molecule has 1 N–H and O–H groups in total. The molecule has 2 saturated heterocycles. The Hall–Kier alpha value is -0.650. The van der Waals surface area contributed by atoms with Gasteiger partial charge in [0.25, 0.3) is 0 Å². The number of rotatable bonds is 3. The van der Waals surface area contributed by atoms with E-state index < -0.39 is 0 Å². The third-order valence-corrected chi connectivity index (χ3v) is 3.33. The molecule has 0 saturated carbocycles. The summed E-state index contributed by atoms with van der Waals surface area (Å²) in [6.45, 7) is 5.71. The van der Waals surface area contributed by atoms with E-state index >= 15 is 0 Å². The highest BCUT2D eigenvalue weighted by molar-refractivity contribution is 5.78. The van der Waals surface area contributed by atoms with Crippen molar-refractivity contribution in [3.63, 3.8) is 0 Å². The number of likely N-dealkylation sites (N-methyl/N-ethyl adjacent to an activating group) is 1. The summed E-state index contributed by atoms with van der Waals surface area (Å²) in [6, 6.07) is 0.372. The Morgan fingerprint density at radius 1 is 1.38 bits per heavy atom. The molecule has 2 aliphatic heterocycles. The lowest BCUT2D eigenvalue weighted by Crippen LogP contribution is -2.50. The van der Waals surface area contributed by atoms with Crippen molar-refractivity contribution >= 4 is 5.91 Å². The molecule has 2 fully saturated rings. The number of nitrogens with zero attached hydrogens (tertiary/aromatic N) is 2. The lowest BCUT2D eigenvalue weighted by Gasteiger charge is -2.32. The number of nitrogens with one attached hydrogen (secondary N) is 1. The molecule has 2 heterocycles. The molecular weight excluding hydrogens is 206 g/mol. The van der Waals surface area contributed by atoms with Gasteiger partial charge >= 0.3 is 0 Å². The molecule has 0 aromatic carbocycles. The first kappa shape index (κ1) is 11.8. The van der Waals surface area contributed by atoms with E-state index in [-0.39, 0.29) is 5.91 Å². The van der Waals surface area contributed by atoms with Crippen LogP contribution in [0.25, 0.3) is 0 Å². The molecule has 5 nitrogen and oxygen atoms in total. The minimum absolute atomic E-state index is 0.222. The Kier molecular flexibility index (Phi) is 4.15. The molecule has 0 spiro atoms. The second-order valence-electron chi connectivity index (χ2n) is 4.63. The van der Waals surface area contributed by atoms with Gasteiger partial charge in [-0.1, -0.05) is 0 Å². The molecule has 0 aromatic heterocycles. The van der Waals surface area contributed by atoms with Gasteiger partial charge in [0.2, 0.25) is 5.91 Å². The fourth-order valence-electron chi connectivity index (χ4n) is 2.09. The normalized spacial score (nSPS) is 27.3. The highest BCUT2D eigenvalue weighted by Gasteiger charge is 2.21. The summed E-state index contributed by atoms with van der Waals surface area (Å²) < 4.78 is 5.25. The van der Waals surface area contributed by atoms with Gasteiger partial charge < -0.3 is 19.9 Å². The standard InChI is InChI=1S/C11H21N3O2/c1-13-3-5-14(6-4-13)11(15)8-12-10-2-7-16-9-10/h10,12H,2-9H2,1H3. The number of hydrogen-bond acceptors (Lipinski definition) is 4. The van der Waals surface area contributed by atoms with Crippen molar-refractivity contribution in [1.82, 2.24) is 15.1 Å². The molecule has 0 radical (unpaired) electrons. The molecule has 1 amide bonds. The zero-order valence-corrected chi connectivity index (χ0v) is 9.95. The number of amides is 1. The summed E-state index contributed by atoms with van der Waals surface area (Å²) in [4.78, 5) is 16.1. The van der Waals surface area contributed by atoms with Crippen molar-refractivity contribution < 1.29 is 9.53 Å². The zero-order chi connectivity index (χ0) is 11.4. The Balaban J connectivity index is 1.67. The predicted octanol–water partition coefficient (Wildman–Crippen LogP) is -0.861. The summed E-state index contributed by atoms with van der Waals surface area (Å²) in [6.07, 6.45) is 1.02. The molecule has 2 aliphatic rings. The smallest absolute Gasteiger partial charge is 0.236 e. The van der Waals surface area contributed by atoms with Gasteiger partial charge in [0.1, 0.15) is 0 Å². The SMILES string of the molecule is CN1CCN(C(=O)CNC2CCOC2)CC1. The van der Waals surface area contributed by atoms with Crippen LogP contribution in [0.3, 0.4) is 0 Å². The highest BCUT2D eigenvalue weighted by atomic mass is 16.5. The topological polar surface area (TPSA) is 44.8 Å². The molecule has 0 bridgehead atoms. The quantitative estimate of drug-likeness (QED) is 0.681. The van der Waals surface area contributed by atoms with Crippen LogP contribution in [-0.2, 0) is 9.53 Å². The Bertz CT molecular complexity index is 233. The van der Waals surface area contributed by atoms with Crippen LogP contribution in [0, 0.1) is 0 Å². The van der Waals surface area contributed by atoms with Gasteiger partial charge in [-0.25, -0.2) is 0 Å². The summed E-state index contributed by atoms with van der Waals surface area (Å²) in [5.41, 5.74) is 0. The van der Waals surface area contributed by atoms with Gasteiger partial charge in [-0.15, -0.1) is 0 Å². The highest BCUT2D eigenvalue weighted by Crippen LogP contribution is 2.03. The van der Waals surface area contributed by atoms with Crippen molar-refractivity contribution in [3.8, 4) is 0 Å². The minimum atomic E-state index is 0.222. The van der Waals surface area contributed by atoms with Crippen LogP contribution in [0.5, 0.6) is 0 Å². The van der Waals surface area contributed by atoms with Crippen LogP contribution in [-0.4, -0.2) is 74.7 Å². The third-order valence-electron chi connectivity index (χ3n) is 3.33. The van der Waals surface area contributed by atoms with E-state index in [2.05, 4.69) is 17.3 Å². The fraction of sp³-hybridized carbons (Fsp3) is 0.909. The fourth-order valence-corrected chi connectivity index (χ4v) is 2.09. The first-order valence-electron chi connectivity index (χ1n) is 6.03. The Morgan fingerprint density at radius 3 is 2.75 bits per heavy atom. The molecule has 0 aromatic rings. The number of carbonyl (C=O) groups is 1. The first-order valence-corrected chi connectivity index (χ1v) is 6.03. The maximum Gasteiger partial charge on any atom is 0.236 e. The van der Waals surface area contributed by atoms with Gasteiger partial charge in [0.15, 0.2) is 0 Å². The van der Waals surface area contributed by atoms with Crippen molar-refractivity contribution in [2.45, 2.75) is 12.5 Å². The summed E-state index contributed by atoms with van der Waals surface area (Å²) in [5.74, 6) is 0.222. The second-order valence-corrected chi connectivity index (χ2v) is 4.63. The largest absolute Gasteiger partial charge is 0.380 e. The van der Waals surface area contributed by atoms with Crippen LogP contribution in [0.1, 0.15) is 6.42 Å². The van der Waals surface area contributed by atoms with E-state index in [0.29, 0.717) is 12.6 Å². The van der Waals surface area contributed by atoms with Crippen molar-refractivity contribution in [1.29, 1.82) is 0 Å². The summed E-state index contributed by atoms with van der Waals surface area (Å²) in [5, 5.41) is 3.26. The van der Waals surface area contributed by atoms with Gasteiger partial charge in [0.05, 0.1) is 13.2 Å². The molecule has 2 rings (SSSR count). The molecular formula is C11H21N3O2. The van der Waals surface area contributed by atoms with Crippen molar-refractivity contribution in [3.05, 3.63) is 0 Å². The maximum atomic E-state index is 11.9. The second kappa shape index (κ2) is 5.61. The summed E-state index contributed by atoms with van der Waals surface area (Å²) in [7, 11) is 2.09. The van der Waals surface area contributed by atoms with Crippen LogP contribution in [0.4, 0.5) is 0 Å². The molecule has 92 valence electrons. The average Bonchev–Trinajstić information content (AvgIpc) is 2.80. The molecule has 1 atom stereocenters. The Labute approximate surface area is 96.7 Å². The van der Waals surface area contributed by atoms with E-state index in [1.54, 1.807) is 0 Å².